The van der Waals surface area contributed by atoms with Gasteiger partial charge in [0.15, 0.2) is 0 Å². The first-order valence-corrected chi connectivity index (χ1v) is 9.69. The van der Waals surface area contributed by atoms with Crippen molar-refractivity contribution in [3.8, 4) is 11.5 Å². The van der Waals surface area contributed by atoms with Crippen molar-refractivity contribution in [3.63, 3.8) is 0 Å². The summed E-state index contributed by atoms with van der Waals surface area (Å²) in [4.78, 5) is 25.9. The number of carbonyl (C=O) groups is 2. The quantitative estimate of drug-likeness (QED) is 0.520. The molecule has 1 amide bonds. The van der Waals surface area contributed by atoms with Gasteiger partial charge in [0.1, 0.15) is 23.5 Å². The number of carboxylic acid groups (broad SMARTS) is 1. The second-order valence-corrected chi connectivity index (χ2v) is 7.62. The molecule has 1 saturated heterocycles. The summed E-state index contributed by atoms with van der Waals surface area (Å²) in [6, 6.07) is 11.4. The van der Waals surface area contributed by atoms with Crippen molar-refractivity contribution in [2.75, 3.05) is 13.1 Å². The van der Waals surface area contributed by atoms with E-state index >= 15 is 0 Å². The highest BCUT2D eigenvalue weighted by molar-refractivity contribution is 6.59. The number of fused-ring (bicyclic) bond motifs is 1. The Labute approximate surface area is 172 Å². The monoisotopic (exact) mass is 413 g/mol. The predicted molar refractivity (Wildman–Crippen MR) is 107 cm³/mol. The van der Waals surface area contributed by atoms with Gasteiger partial charge in [-0.25, -0.2) is 4.79 Å². The summed E-state index contributed by atoms with van der Waals surface area (Å²) in [5.41, 5.74) is 7.07. The third kappa shape index (κ3) is 3.84. The first kappa shape index (κ1) is 20.2. The van der Waals surface area contributed by atoms with Crippen molar-refractivity contribution in [3.05, 3.63) is 59.2 Å². The molecule has 0 bridgehead atoms. The van der Waals surface area contributed by atoms with Gasteiger partial charge >= 0.3 is 12.7 Å². The third-order valence-electron chi connectivity index (χ3n) is 5.39. The van der Waals surface area contributed by atoms with E-state index in [0.29, 0.717) is 11.1 Å². The molecule has 0 aromatic heterocycles. The molecule has 10 heteroatoms. The van der Waals surface area contributed by atoms with Gasteiger partial charge in [-0.3, -0.25) is 4.79 Å². The molecule has 0 saturated carbocycles. The molecule has 5 N–H and O–H groups in total. The number of aryl methyl sites for hydroxylation is 1. The number of carboxylic acids is 1. The van der Waals surface area contributed by atoms with Crippen LogP contribution < -0.4 is 15.1 Å². The van der Waals surface area contributed by atoms with Crippen LogP contribution in [0.15, 0.2) is 42.5 Å². The van der Waals surface area contributed by atoms with Gasteiger partial charge in [-0.1, -0.05) is 42.7 Å². The molecule has 0 unspecified atom stereocenters. The molecule has 4 rings (SSSR count). The van der Waals surface area contributed by atoms with Gasteiger partial charge in [0.25, 0.3) is 0 Å². The minimum absolute atomic E-state index is 0.00632. The van der Waals surface area contributed by atoms with Gasteiger partial charge in [0.2, 0.25) is 5.91 Å². The summed E-state index contributed by atoms with van der Waals surface area (Å²) in [6.45, 7) is -2.57. The molecule has 158 valence electrons. The molecule has 0 aliphatic carbocycles. The number of carbonyl (C=O) groups excluding carboxylic acids is 1. The predicted octanol–water partition coefficient (Wildman–Crippen LogP) is 0.533. The summed E-state index contributed by atoms with van der Waals surface area (Å²) in [6.07, 6.45) is -0.130. The molecule has 2 aliphatic rings. The van der Waals surface area contributed by atoms with Crippen LogP contribution in [0.5, 0.6) is 11.5 Å². The molecule has 0 spiro atoms. The van der Waals surface area contributed by atoms with E-state index in [-0.39, 0.29) is 48.8 Å². The smallest absolute Gasteiger partial charge is 0.430 e. The molecule has 9 nitrogen and oxygen atoms in total. The zero-order valence-electron chi connectivity index (χ0n) is 16.1. The van der Waals surface area contributed by atoms with Crippen LogP contribution in [0, 0.1) is 0 Å². The second kappa shape index (κ2) is 7.64. The second-order valence-electron chi connectivity index (χ2n) is 7.62. The van der Waals surface area contributed by atoms with Gasteiger partial charge in [-0.05, 0) is 23.6 Å². The lowest BCUT2D eigenvalue weighted by atomic mass is 9.70. The number of aromatic carboxylic acids is 1. The number of benzene rings is 2. The van der Waals surface area contributed by atoms with Gasteiger partial charge in [-0.15, -0.1) is 0 Å². The lowest BCUT2D eigenvalue weighted by Gasteiger charge is -2.41. The Morgan fingerprint density at radius 3 is 2.53 bits per heavy atom. The summed E-state index contributed by atoms with van der Waals surface area (Å²) >= 11 is 0. The topological polar surface area (TPSA) is 143 Å². The molecule has 2 heterocycles. The first-order valence-electron chi connectivity index (χ1n) is 9.69. The highest BCUT2D eigenvalue weighted by Gasteiger charge is 2.37. The Morgan fingerprint density at radius 1 is 1.17 bits per heavy atom. The minimum Gasteiger partial charge on any atom is -0.669 e. The van der Waals surface area contributed by atoms with Crippen LogP contribution >= 0.6 is 0 Å². The molecule has 30 heavy (non-hydrogen) atoms. The number of amides is 1. The maximum absolute atomic E-state index is 12.5. The van der Waals surface area contributed by atoms with E-state index in [1.54, 1.807) is 23.1 Å². The van der Waals surface area contributed by atoms with Crippen molar-refractivity contribution in [2.45, 2.75) is 24.9 Å². The summed E-state index contributed by atoms with van der Waals surface area (Å²) in [5, 5.41) is 29.2. The lowest BCUT2D eigenvalue weighted by molar-refractivity contribution is -0.141. The van der Waals surface area contributed by atoms with Gasteiger partial charge in [-0.2, -0.15) is 0 Å². The van der Waals surface area contributed by atoms with E-state index in [1.165, 1.54) is 6.07 Å². The highest BCUT2D eigenvalue weighted by Crippen LogP contribution is 2.39. The van der Waals surface area contributed by atoms with Crippen LogP contribution in [-0.2, 0) is 11.2 Å². The fourth-order valence-electron chi connectivity index (χ4n) is 3.70. The van der Waals surface area contributed by atoms with E-state index < -0.39 is 24.9 Å². The van der Waals surface area contributed by atoms with Crippen molar-refractivity contribution >= 4 is 18.6 Å². The summed E-state index contributed by atoms with van der Waals surface area (Å²) < 4.78 is 10.9. The van der Waals surface area contributed by atoms with Crippen molar-refractivity contribution < 1.29 is 34.1 Å². The number of rotatable bonds is 5. The van der Waals surface area contributed by atoms with Crippen molar-refractivity contribution in [1.29, 1.82) is 0 Å². The van der Waals surface area contributed by atoms with Gasteiger partial charge in [0.05, 0.1) is 18.8 Å². The Morgan fingerprint density at radius 2 is 1.87 bits per heavy atom. The van der Waals surface area contributed by atoms with E-state index in [0.717, 1.165) is 0 Å². The number of nitrogens with zero attached hydrogens (tertiary/aromatic N) is 1. The normalized spacial score (nSPS) is 18.6. The molecule has 1 fully saturated rings. The number of ether oxygens (including phenoxy) is 1. The van der Waals surface area contributed by atoms with Crippen LogP contribution in [-0.4, -0.2) is 57.9 Å². The molecular formula is C20H22BN2O7-. The lowest BCUT2D eigenvalue weighted by Crippen LogP contribution is -2.58. The van der Waals surface area contributed by atoms with Gasteiger partial charge in [0, 0.05) is 0 Å². The van der Waals surface area contributed by atoms with Crippen molar-refractivity contribution in [1.82, 2.24) is 4.90 Å². The van der Waals surface area contributed by atoms with Gasteiger partial charge < -0.3 is 35.2 Å². The third-order valence-corrected chi connectivity index (χ3v) is 5.39. The van der Waals surface area contributed by atoms with E-state index in [1.807, 2.05) is 18.2 Å². The van der Waals surface area contributed by atoms with E-state index in [2.05, 4.69) is 0 Å². The maximum Gasteiger partial charge on any atom is 0.430 e. The number of hydrogen-bond acceptors (Lipinski definition) is 7. The zero-order chi connectivity index (χ0) is 21.5. The SMILES string of the molecule is N[C@@H](C(=O)N1CC(Oc2ccc3c(c2C(=O)O)O[B-](O)(O)CC3)C1)c1ccccc1. The Hall–Kier alpha value is -3.08. The summed E-state index contributed by atoms with van der Waals surface area (Å²) in [7, 11) is 0. The zero-order valence-corrected chi connectivity index (χ0v) is 16.1. The highest BCUT2D eigenvalue weighted by atomic mass is 16.6. The molecule has 2 aromatic carbocycles. The molecular weight excluding hydrogens is 391 g/mol. The van der Waals surface area contributed by atoms with Crippen LogP contribution in [0.4, 0.5) is 0 Å². The molecule has 2 aromatic rings. The van der Waals surface area contributed by atoms with Crippen LogP contribution in [0.2, 0.25) is 6.32 Å². The fraction of sp³-hybridized carbons (Fsp3) is 0.300. The van der Waals surface area contributed by atoms with Crippen molar-refractivity contribution in [2.24, 2.45) is 5.73 Å². The first-order chi connectivity index (χ1) is 14.2. The minimum atomic E-state index is -3.10. The average molecular weight is 413 g/mol. The Bertz CT molecular complexity index is 977. The fourth-order valence-corrected chi connectivity index (χ4v) is 3.70. The largest absolute Gasteiger partial charge is 0.669 e. The standard InChI is InChI=1S/C20H22BN2O7/c22-17(12-4-2-1-3-5-12)19(24)23-10-14(11-23)29-15-7-6-13-8-9-21(27,28)30-18(13)16(15)20(25)26/h1-7,14,17,27-28H,8-11,22H2,(H,25,26)/q-1/t17-/m1/s1. The number of likely N-dealkylation sites (tertiary alicyclic amines) is 1. The maximum atomic E-state index is 12.5. The summed E-state index contributed by atoms with van der Waals surface area (Å²) in [5.74, 6) is -1.57. The Kier molecular flexibility index (Phi) is 5.14. The van der Waals surface area contributed by atoms with E-state index in [4.69, 9.17) is 15.1 Å². The van der Waals surface area contributed by atoms with Crippen LogP contribution in [0.1, 0.15) is 27.5 Å². The molecule has 2 aliphatic heterocycles. The Balaban J connectivity index is 1.45. The average Bonchev–Trinajstić information content (AvgIpc) is 2.68. The van der Waals surface area contributed by atoms with E-state index in [9.17, 15) is 24.7 Å². The number of nitrogens with two attached hydrogens (primary N) is 1. The van der Waals surface area contributed by atoms with Crippen LogP contribution in [0.25, 0.3) is 0 Å². The molecule has 0 radical (unpaired) electrons. The molecule has 1 atom stereocenters. The number of hydrogen-bond donors (Lipinski definition) is 4. The van der Waals surface area contributed by atoms with Crippen LogP contribution in [0.3, 0.4) is 0 Å².